The molecule has 0 spiro atoms. The van der Waals surface area contributed by atoms with Crippen molar-refractivity contribution in [2.45, 2.75) is 19.4 Å². The van der Waals surface area contributed by atoms with Gasteiger partial charge in [0.15, 0.2) is 0 Å². The molecular formula is C7H11BrN2O4. The number of nitrogens with one attached hydrogen (secondary N) is 1. The van der Waals surface area contributed by atoms with Gasteiger partial charge in [0.1, 0.15) is 23.8 Å². The number of hydrogen-bond acceptors (Lipinski definition) is 3. The van der Waals surface area contributed by atoms with Crippen molar-refractivity contribution in [1.82, 2.24) is 5.16 Å². The molecule has 80 valence electrons. The van der Waals surface area contributed by atoms with Crippen LogP contribution in [0, 0.1) is 6.92 Å². The Morgan fingerprint density at radius 1 is 1.71 bits per heavy atom. The van der Waals surface area contributed by atoms with Crippen LogP contribution < -0.4 is 28.3 Å². The Hall–Kier alpha value is -1.08. The van der Waals surface area contributed by atoms with Gasteiger partial charge in [-0.1, -0.05) is 0 Å². The van der Waals surface area contributed by atoms with Crippen molar-refractivity contribution in [2.75, 3.05) is 0 Å². The maximum absolute atomic E-state index is 11.1. The number of aromatic amines is 1. The molecule has 0 aliphatic carbocycles. The summed E-state index contributed by atoms with van der Waals surface area (Å²) in [5.74, 6) is -0.591. The number of aromatic nitrogens is 1. The highest BCUT2D eigenvalue weighted by molar-refractivity contribution is 5.67. The lowest BCUT2D eigenvalue weighted by atomic mass is 10.1. The molecule has 1 unspecified atom stereocenters. The second-order valence-corrected chi connectivity index (χ2v) is 2.80. The fourth-order valence-electron chi connectivity index (χ4n) is 1.18. The summed E-state index contributed by atoms with van der Waals surface area (Å²) in [5.41, 5.74) is 3.49. The monoisotopic (exact) mass is 266 g/mol. The molecule has 1 aromatic rings. The number of aliphatic carboxylic acids is 1. The van der Waals surface area contributed by atoms with Crippen LogP contribution in [0.1, 0.15) is 23.8 Å². The summed E-state index contributed by atoms with van der Waals surface area (Å²) >= 11 is 0. The van der Waals surface area contributed by atoms with E-state index >= 15 is 0 Å². The van der Waals surface area contributed by atoms with Crippen LogP contribution in [0.2, 0.25) is 0 Å². The van der Waals surface area contributed by atoms with Gasteiger partial charge in [0, 0.05) is 0 Å². The van der Waals surface area contributed by atoms with Crippen molar-refractivity contribution in [3.63, 3.8) is 0 Å². The van der Waals surface area contributed by atoms with Crippen LogP contribution in [0.3, 0.4) is 0 Å². The number of H-pyrrole nitrogens is 1. The summed E-state index contributed by atoms with van der Waals surface area (Å²) in [7, 11) is 0. The van der Waals surface area contributed by atoms with E-state index in [1.807, 2.05) is 0 Å². The fourth-order valence-corrected chi connectivity index (χ4v) is 1.18. The molecular weight excluding hydrogens is 256 g/mol. The molecule has 14 heavy (non-hydrogen) atoms. The molecule has 0 amide bonds. The van der Waals surface area contributed by atoms with E-state index in [1.165, 1.54) is 0 Å². The maximum atomic E-state index is 11.1. The minimum absolute atomic E-state index is 0. The van der Waals surface area contributed by atoms with Crippen LogP contribution in [-0.2, 0) is 4.79 Å². The second kappa shape index (κ2) is 4.97. The van der Waals surface area contributed by atoms with Crippen LogP contribution in [0.15, 0.2) is 9.32 Å². The Bertz CT molecular complexity index is 370. The van der Waals surface area contributed by atoms with Gasteiger partial charge in [-0.15, -0.1) is 0 Å². The lowest BCUT2D eigenvalue weighted by Crippen LogP contribution is -3.00. The number of carboxylic acid groups (broad SMARTS) is 1. The van der Waals surface area contributed by atoms with Gasteiger partial charge >= 0.3 is 5.97 Å². The number of carbonyl (C=O) groups is 1. The number of rotatable bonds is 3. The van der Waals surface area contributed by atoms with Gasteiger partial charge in [0.2, 0.25) is 0 Å². The molecule has 0 fully saturated rings. The van der Waals surface area contributed by atoms with E-state index in [2.05, 4.69) is 10.9 Å². The summed E-state index contributed by atoms with van der Waals surface area (Å²) in [4.78, 5) is 21.4. The highest BCUT2D eigenvalue weighted by Crippen LogP contribution is 2.11. The van der Waals surface area contributed by atoms with Gasteiger partial charge in [-0.05, 0) is 6.92 Å². The second-order valence-electron chi connectivity index (χ2n) is 2.80. The van der Waals surface area contributed by atoms with Crippen molar-refractivity contribution in [3.8, 4) is 0 Å². The highest BCUT2D eigenvalue weighted by Gasteiger charge is 2.22. The zero-order valence-electron chi connectivity index (χ0n) is 7.54. The summed E-state index contributed by atoms with van der Waals surface area (Å²) in [5, 5.41) is 10.6. The SMILES string of the molecule is Cc1o[nH]c(=O)c1C([NH3+])CC(=O)O.[Br-]. The lowest BCUT2D eigenvalue weighted by molar-refractivity contribution is -0.426. The van der Waals surface area contributed by atoms with E-state index in [4.69, 9.17) is 9.63 Å². The van der Waals surface area contributed by atoms with Gasteiger partial charge in [-0.2, -0.15) is 5.16 Å². The number of halogens is 1. The quantitative estimate of drug-likeness (QED) is 0.518. The molecule has 7 heteroatoms. The molecule has 1 heterocycles. The standard InChI is InChI=1S/C7H10N2O4.BrH/c1-3-6(7(12)9-13-3)4(8)2-5(10)11;/h4H,2,8H2,1H3,(H,9,12)(H,10,11);1H. The van der Waals surface area contributed by atoms with E-state index in [1.54, 1.807) is 6.92 Å². The first-order valence-corrected chi connectivity index (χ1v) is 3.75. The molecule has 0 aliphatic rings. The minimum Gasteiger partial charge on any atom is -1.00 e. The Balaban J connectivity index is 0.00000169. The molecule has 0 aromatic carbocycles. The fraction of sp³-hybridized carbons (Fsp3) is 0.429. The zero-order valence-corrected chi connectivity index (χ0v) is 9.13. The van der Waals surface area contributed by atoms with Gasteiger partial charge in [-0.25, -0.2) is 0 Å². The third-order valence-corrected chi connectivity index (χ3v) is 1.75. The average molecular weight is 267 g/mol. The number of hydrogen-bond donors (Lipinski definition) is 3. The molecule has 0 saturated heterocycles. The van der Waals surface area contributed by atoms with Crippen LogP contribution >= 0.6 is 0 Å². The van der Waals surface area contributed by atoms with E-state index in [0.717, 1.165) is 0 Å². The molecule has 6 nitrogen and oxygen atoms in total. The summed E-state index contributed by atoms with van der Waals surface area (Å²) in [6.07, 6.45) is -0.177. The van der Waals surface area contributed by atoms with Crippen molar-refractivity contribution >= 4 is 5.97 Å². The summed E-state index contributed by atoms with van der Waals surface area (Å²) < 4.78 is 4.73. The van der Waals surface area contributed by atoms with Crippen molar-refractivity contribution in [3.05, 3.63) is 21.7 Å². The Morgan fingerprint density at radius 2 is 2.29 bits per heavy atom. The summed E-state index contributed by atoms with van der Waals surface area (Å²) in [6.45, 7) is 1.59. The molecule has 0 radical (unpaired) electrons. The van der Waals surface area contributed by atoms with Crippen molar-refractivity contribution in [2.24, 2.45) is 0 Å². The zero-order chi connectivity index (χ0) is 10.0. The predicted octanol–water partition coefficient (Wildman–Crippen LogP) is -3.96. The Labute approximate surface area is 89.8 Å². The van der Waals surface area contributed by atoms with Crippen molar-refractivity contribution in [1.29, 1.82) is 0 Å². The maximum Gasteiger partial charge on any atom is 0.309 e. The first-order chi connectivity index (χ1) is 6.02. The summed E-state index contributed by atoms with van der Waals surface area (Å²) in [6, 6.07) is -0.569. The van der Waals surface area contributed by atoms with E-state index in [9.17, 15) is 9.59 Å². The first-order valence-electron chi connectivity index (χ1n) is 3.75. The third-order valence-electron chi connectivity index (χ3n) is 1.75. The average Bonchev–Trinajstić information content (AvgIpc) is 2.29. The molecule has 1 aromatic heterocycles. The van der Waals surface area contributed by atoms with Crippen LogP contribution in [0.4, 0.5) is 0 Å². The number of quaternary nitrogens is 1. The van der Waals surface area contributed by atoms with Crippen LogP contribution in [-0.4, -0.2) is 16.2 Å². The molecule has 1 atom stereocenters. The molecule has 0 aliphatic heterocycles. The van der Waals surface area contributed by atoms with E-state index < -0.39 is 17.6 Å². The minimum atomic E-state index is -0.986. The van der Waals surface area contributed by atoms with Gasteiger partial charge in [0.05, 0.1) is 0 Å². The van der Waals surface area contributed by atoms with Gasteiger partial charge in [0.25, 0.3) is 5.56 Å². The topological polar surface area (TPSA) is 111 Å². The van der Waals surface area contributed by atoms with Gasteiger partial charge < -0.3 is 32.3 Å². The van der Waals surface area contributed by atoms with E-state index in [0.29, 0.717) is 11.3 Å². The van der Waals surface area contributed by atoms with Gasteiger partial charge in [-0.3, -0.25) is 9.59 Å². The Morgan fingerprint density at radius 3 is 2.64 bits per heavy atom. The number of carboxylic acids is 1. The normalized spacial score (nSPS) is 11.9. The molecule has 0 bridgehead atoms. The number of aryl methyl sites for hydroxylation is 1. The van der Waals surface area contributed by atoms with E-state index in [-0.39, 0.29) is 23.4 Å². The van der Waals surface area contributed by atoms with Crippen LogP contribution in [0.25, 0.3) is 0 Å². The highest BCUT2D eigenvalue weighted by atomic mass is 79.9. The largest absolute Gasteiger partial charge is 1.00 e. The lowest BCUT2D eigenvalue weighted by Gasteiger charge is -2.00. The molecule has 1 rings (SSSR count). The van der Waals surface area contributed by atoms with Crippen molar-refractivity contribution < 1.29 is 37.1 Å². The smallest absolute Gasteiger partial charge is 0.309 e. The third kappa shape index (κ3) is 2.71. The first kappa shape index (κ1) is 12.9. The molecule has 5 N–H and O–H groups in total. The van der Waals surface area contributed by atoms with Crippen LogP contribution in [0.5, 0.6) is 0 Å². The Kier molecular flexibility index (Phi) is 4.58. The molecule has 0 saturated carbocycles. The predicted molar refractivity (Wildman–Crippen MR) is 41.9 cm³/mol.